The number of H-pyrrole nitrogens is 1. The van der Waals surface area contributed by atoms with E-state index in [2.05, 4.69) is 52.4 Å². The van der Waals surface area contributed by atoms with Crippen LogP contribution in [0.1, 0.15) is 71.3 Å². The van der Waals surface area contributed by atoms with E-state index in [9.17, 15) is 14.9 Å². The van der Waals surface area contributed by atoms with Gasteiger partial charge in [0.25, 0.3) is 0 Å². The van der Waals surface area contributed by atoms with Gasteiger partial charge in [0.15, 0.2) is 5.82 Å². The molecule has 0 saturated heterocycles. The third-order valence-electron chi connectivity index (χ3n) is 7.59. The average molecular weight is 528 g/mol. The number of nitrogens with one attached hydrogen (secondary N) is 2. The molecule has 0 spiro atoms. The fraction of sp³-hybridized carbons (Fsp3) is 0.357. The summed E-state index contributed by atoms with van der Waals surface area (Å²) in [7, 11) is 0. The number of benzene rings is 2. The summed E-state index contributed by atoms with van der Waals surface area (Å²) < 4.78 is 0. The Bertz CT molecular complexity index is 1380. The molecule has 4 rings (SSSR count). The van der Waals surface area contributed by atoms with Gasteiger partial charge in [-0.05, 0) is 79.8 Å². The van der Waals surface area contributed by atoms with Crippen molar-refractivity contribution in [2.24, 2.45) is 11.5 Å². The number of aromatic amines is 1. The van der Waals surface area contributed by atoms with Gasteiger partial charge in [0.05, 0.1) is 11.5 Å². The fourth-order valence-corrected chi connectivity index (χ4v) is 5.52. The number of hydrogen-bond acceptors (Lipinski definition) is 8. The fourth-order valence-electron chi connectivity index (χ4n) is 5.52. The summed E-state index contributed by atoms with van der Waals surface area (Å²) in [4.78, 5) is 26.1. The SMILES string of the molecule is C=C(CNCCC1(c2nn[nH]n2)c2ccc(C(N)=O)cc2-c2cc(C(N)=O)ccc21)N(C(C)C#N)C(C)CC. The van der Waals surface area contributed by atoms with Crippen molar-refractivity contribution in [3.05, 3.63) is 76.8 Å². The van der Waals surface area contributed by atoms with Crippen LogP contribution in [0.4, 0.5) is 0 Å². The Balaban J connectivity index is 1.72. The number of primary amides is 2. The summed E-state index contributed by atoms with van der Waals surface area (Å²) in [6, 6.07) is 12.7. The predicted octanol–water partition coefficient (Wildman–Crippen LogP) is 2.22. The number of nitriles is 1. The highest BCUT2D eigenvalue weighted by atomic mass is 16.1. The van der Waals surface area contributed by atoms with Crippen LogP contribution in [-0.2, 0) is 5.41 Å². The second-order valence-corrected chi connectivity index (χ2v) is 9.85. The molecule has 2 aromatic carbocycles. The van der Waals surface area contributed by atoms with Crippen molar-refractivity contribution in [1.82, 2.24) is 30.8 Å². The third-order valence-corrected chi connectivity index (χ3v) is 7.59. The van der Waals surface area contributed by atoms with Crippen LogP contribution < -0.4 is 16.8 Å². The van der Waals surface area contributed by atoms with Gasteiger partial charge < -0.3 is 21.7 Å². The van der Waals surface area contributed by atoms with Crippen LogP contribution in [0.3, 0.4) is 0 Å². The van der Waals surface area contributed by atoms with Crippen LogP contribution in [0, 0.1) is 11.3 Å². The van der Waals surface area contributed by atoms with E-state index in [0.29, 0.717) is 36.5 Å². The maximum Gasteiger partial charge on any atom is 0.248 e. The van der Waals surface area contributed by atoms with E-state index in [4.69, 9.17) is 11.5 Å². The number of tetrazole rings is 1. The minimum Gasteiger partial charge on any atom is -0.366 e. The van der Waals surface area contributed by atoms with Crippen molar-refractivity contribution in [2.45, 2.75) is 51.1 Å². The van der Waals surface area contributed by atoms with Crippen molar-refractivity contribution < 1.29 is 9.59 Å². The minimum absolute atomic E-state index is 0.173. The number of carbonyl (C=O) groups is 2. The first kappa shape index (κ1) is 27.5. The molecule has 0 fully saturated rings. The Morgan fingerprint density at radius 3 is 2.18 bits per heavy atom. The van der Waals surface area contributed by atoms with Gasteiger partial charge in [-0.1, -0.05) is 30.8 Å². The summed E-state index contributed by atoms with van der Waals surface area (Å²) in [6.45, 7) is 11.3. The van der Waals surface area contributed by atoms with E-state index in [1.807, 2.05) is 24.0 Å². The highest BCUT2D eigenvalue weighted by Crippen LogP contribution is 2.53. The number of hydrogen-bond donors (Lipinski definition) is 4. The highest BCUT2D eigenvalue weighted by molar-refractivity contribution is 5.98. The largest absolute Gasteiger partial charge is 0.366 e. The lowest BCUT2D eigenvalue weighted by Crippen LogP contribution is -2.42. The zero-order valence-electron chi connectivity index (χ0n) is 22.4. The molecule has 0 bridgehead atoms. The quantitative estimate of drug-likeness (QED) is 0.259. The molecule has 11 nitrogen and oxygen atoms in total. The zero-order chi connectivity index (χ0) is 28.3. The van der Waals surface area contributed by atoms with E-state index in [-0.39, 0.29) is 12.1 Å². The maximum absolute atomic E-state index is 12.0. The Labute approximate surface area is 227 Å². The monoisotopic (exact) mass is 527 g/mol. The molecule has 202 valence electrons. The Morgan fingerprint density at radius 2 is 1.72 bits per heavy atom. The molecule has 2 unspecified atom stereocenters. The van der Waals surface area contributed by atoms with Crippen LogP contribution in [0.2, 0.25) is 0 Å². The highest BCUT2D eigenvalue weighted by Gasteiger charge is 2.47. The van der Waals surface area contributed by atoms with E-state index in [0.717, 1.165) is 34.4 Å². The molecule has 1 aromatic heterocycles. The van der Waals surface area contributed by atoms with Crippen molar-refractivity contribution >= 4 is 11.8 Å². The van der Waals surface area contributed by atoms with Crippen LogP contribution >= 0.6 is 0 Å². The van der Waals surface area contributed by atoms with Crippen LogP contribution in [0.5, 0.6) is 0 Å². The average Bonchev–Trinajstić information content (AvgIpc) is 3.56. The zero-order valence-corrected chi connectivity index (χ0v) is 22.4. The lowest BCUT2D eigenvalue weighted by molar-refractivity contribution is 0.0991. The number of aromatic nitrogens is 4. The second kappa shape index (κ2) is 11.0. The molecule has 1 aliphatic rings. The minimum atomic E-state index is -0.825. The van der Waals surface area contributed by atoms with E-state index in [1.165, 1.54) is 0 Å². The summed E-state index contributed by atoms with van der Waals surface area (Å²) in [6.07, 6.45) is 1.42. The van der Waals surface area contributed by atoms with Crippen molar-refractivity contribution in [2.75, 3.05) is 13.1 Å². The molecule has 39 heavy (non-hydrogen) atoms. The molecule has 6 N–H and O–H groups in total. The van der Waals surface area contributed by atoms with E-state index < -0.39 is 17.2 Å². The number of fused-ring (bicyclic) bond motifs is 3. The lowest BCUT2D eigenvalue weighted by atomic mass is 9.74. The second-order valence-electron chi connectivity index (χ2n) is 9.85. The number of amides is 2. The smallest absolute Gasteiger partial charge is 0.248 e. The van der Waals surface area contributed by atoms with Crippen molar-refractivity contribution in [3.8, 4) is 17.2 Å². The molecule has 0 aliphatic heterocycles. The van der Waals surface area contributed by atoms with E-state index in [1.54, 1.807) is 24.3 Å². The molecule has 1 aliphatic carbocycles. The van der Waals surface area contributed by atoms with Gasteiger partial charge in [-0.25, -0.2) is 0 Å². The standard InChI is InChI=1S/C28H33N9O2/c1-5-16(2)37(17(3)14-29)18(4)15-32-11-10-28(27-33-35-36-34-27)23-8-6-19(25(30)38)12-21(23)22-13-20(26(31)39)7-9-24(22)28/h6-9,12-13,16-17,32H,4-5,10-11,15H2,1-3H3,(H2,30,38)(H2,31,39)(H,33,34,35,36). The Hall–Kier alpha value is -4.56. The Morgan fingerprint density at radius 1 is 1.13 bits per heavy atom. The van der Waals surface area contributed by atoms with Gasteiger partial charge >= 0.3 is 0 Å². The normalized spacial score (nSPS) is 14.5. The summed E-state index contributed by atoms with van der Waals surface area (Å²) >= 11 is 0. The molecule has 2 amide bonds. The van der Waals surface area contributed by atoms with Gasteiger partial charge in [0, 0.05) is 29.4 Å². The van der Waals surface area contributed by atoms with Crippen LogP contribution in [0.25, 0.3) is 11.1 Å². The molecule has 3 aromatic rings. The lowest BCUT2D eigenvalue weighted by Gasteiger charge is -2.35. The summed E-state index contributed by atoms with van der Waals surface area (Å²) in [5, 5.41) is 28.1. The molecule has 0 saturated carbocycles. The molecular formula is C28H33N9O2. The number of nitrogens with two attached hydrogens (primary N) is 2. The van der Waals surface area contributed by atoms with Crippen LogP contribution in [0.15, 0.2) is 48.7 Å². The molecular weight excluding hydrogens is 494 g/mol. The first-order chi connectivity index (χ1) is 18.6. The first-order valence-electron chi connectivity index (χ1n) is 12.8. The van der Waals surface area contributed by atoms with Gasteiger partial charge in [0.1, 0.15) is 6.04 Å². The molecule has 1 heterocycles. The number of carbonyl (C=O) groups excluding carboxylic acids is 2. The predicted molar refractivity (Wildman–Crippen MR) is 146 cm³/mol. The van der Waals surface area contributed by atoms with Gasteiger partial charge in [-0.15, -0.1) is 10.2 Å². The van der Waals surface area contributed by atoms with Gasteiger partial charge in [0.2, 0.25) is 11.8 Å². The number of rotatable bonds is 12. The summed E-state index contributed by atoms with van der Waals surface area (Å²) in [5.41, 5.74) is 15.1. The third kappa shape index (κ3) is 4.86. The maximum atomic E-state index is 12.0. The van der Waals surface area contributed by atoms with Gasteiger partial charge in [-0.3, -0.25) is 9.59 Å². The Kier molecular flexibility index (Phi) is 7.78. The topological polar surface area (TPSA) is 180 Å². The molecule has 11 heteroatoms. The van der Waals surface area contributed by atoms with E-state index >= 15 is 0 Å². The summed E-state index contributed by atoms with van der Waals surface area (Å²) in [5.74, 6) is -0.652. The van der Waals surface area contributed by atoms with Crippen molar-refractivity contribution in [3.63, 3.8) is 0 Å². The first-order valence-corrected chi connectivity index (χ1v) is 12.8. The van der Waals surface area contributed by atoms with Gasteiger partial charge in [-0.2, -0.15) is 10.5 Å². The molecule has 2 atom stereocenters. The van der Waals surface area contributed by atoms with Crippen LogP contribution in [-0.4, -0.2) is 62.5 Å². The molecule has 0 radical (unpaired) electrons. The van der Waals surface area contributed by atoms with Crippen molar-refractivity contribution in [1.29, 1.82) is 5.26 Å². The number of nitrogens with zero attached hydrogens (tertiary/aromatic N) is 5.